The minimum Gasteiger partial charge on any atom is -0.377 e. The van der Waals surface area contributed by atoms with Crippen molar-refractivity contribution in [1.29, 1.82) is 0 Å². The van der Waals surface area contributed by atoms with E-state index in [2.05, 4.69) is 19.2 Å². The number of morpholine rings is 1. The first-order valence-electron chi connectivity index (χ1n) is 5.67. The molecule has 0 spiro atoms. The summed E-state index contributed by atoms with van der Waals surface area (Å²) in [7, 11) is 1.80. The molecule has 1 rings (SSSR count). The molecule has 0 aromatic carbocycles. The van der Waals surface area contributed by atoms with Crippen molar-refractivity contribution >= 4 is 5.91 Å². The van der Waals surface area contributed by atoms with Crippen molar-refractivity contribution in [3.8, 4) is 0 Å². The molecular weight excluding hydrogens is 192 g/mol. The van der Waals surface area contributed by atoms with Gasteiger partial charge >= 0.3 is 0 Å². The molecule has 88 valence electrons. The van der Waals surface area contributed by atoms with Gasteiger partial charge in [-0.25, -0.2) is 0 Å². The molecule has 0 aromatic rings. The molecule has 1 saturated heterocycles. The summed E-state index contributed by atoms with van der Waals surface area (Å²) >= 11 is 0. The van der Waals surface area contributed by atoms with Crippen LogP contribution < -0.4 is 5.32 Å². The van der Waals surface area contributed by atoms with Crippen molar-refractivity contribution < 1.29 is 9.53 Å². The standard InChI is InChI=1S/C11H22N2O2/c1-9(2)6-10-8-15-5-4-13(10)11(14)7-12-3/h9-10,12H,4-8H2,1-3H3. The molecule has 1 aliphatic rings. The Morgan fingerprint density at radius 3 is 2.93 bits per heavy atom. The number of hydrogen-bond donors (Lipinski definition) is 1. The monoisotopic (exact) mass is 214 g/mol. The van der Waals surface area contributed by atoms with Gasteiger partial charge in [0.1, 0.15) is 0 Å². The summed E-state index contributed by atoms with van der Waals surface area (Å²) in [4.78, 5) is 13.8. The zero-order valence-electron chi connectivity index (χ0n) is 9.95. The van der Waals surface area contributed by atoms with Crippen molar-refractivity contribution in [2.45, 2.75) is 26.3 Å². The molecule has 1 amide bonds. The third-order valence-corrected chi connectivity index (χ3v) is 2.62. The van der Waals surface area contributed by atoms with Crippen LogP contribution in [0.3, 0.4) is 0 Å². The molecule has 0 radical (unpaired) electrons. The molecule has 1 atom stereocenters. The second kappa shape index (κ2) is 6.08. The number of rotatable bonds is 4. The summed E-state index contributed by atoms with van der Waals surface area (Å²) < 4.78 is 5.43. The average molecular weight is 214 g/mol. The molecule has 0 aliphatic carbocycles. The first kappa shape index (κ1) is 12.5. The van der Waals surface area contributed by atoms with E-state index < -0.39 is 0 Å². The van der Waals surface area contributed by atoms with Crippen LogP contribution in [0.5, 0.6) is 0 Å². The number of carbonyl (C=O) groups excluding carboxylic acids is 1. The maximum atomic E-state index is 11.8. The zero-order chi connectivity index (χ0) is 11.3. The van der Waals surface area contributed by atoms with Gasteiger partial charge in [0.25, 0.3) is 0 Å². The number of nitrogens with one attached hydrogen (secondary N) is 1. The van der Waals surface area contributed by atoms with Crippen molar-refractivity contribution in [2.24, 2.45) is 5.92 Å². The van der Waals surface area contributed by atoms with Crippen LogP contribution in [0.25, 0.3) is 0 Å². The van der Waals surface area contributed by atoms with Gasteiger partial charge in [0.2, 0.25) is 5.91 Å². The van der Waals surface area contributed by atoms with E-state index in [4.69, 9.17) is 4.74 Å². The van der Waals surface area contributed by atoms with Crippen LogP contribution >= 0.6 is 0 Å². The fourth-order valence-corrected chi connectivity index (χ4v) is 1.98. The summed E-state index contributed by atoms with van der Waals surface area (Å²) in [6, 6.07) is 0.264. The van der Waals surface area contributed by atoms with Gasteiger partial charge in [0.05, 0.1) is 25.8 Å². The van der Waals surface area contributed by atoms with E-state index in [0.29, 0.717) is 25.7 Å². The quantitative estimate of drug-likeness (QED) is 0.740. The molecule has 1 heterocycles. The summed E-state index contributed by atoms with van der Waals surface area (Å²) in [5.41, 5.74) is 0. The molecule has 1 N–H and O–H groups in total. The molecule has 4 nitrogen and oxygen atoms in total. The largest absolute Gasteiger partial charge is 0.377 e. The Kier molecular flexibility index (Phi) is 5.05. The maximum absolute atomic E-state index is 11.8. The average Bonchev–Trinajstić information content (AvgIpc) is 2.18. The minimum absolute atomic E-state index is 0.187. The van der Waals surface area contributed by atoms with Crippen molar-refractivity contribution in [3.63, 3.8) is 0 Å². The summed E-state index contributed by atoms with van der Waals surface area (Å²) in [5.74, 6) is 0.785. The number of carbonyl (C=O) groups is 1. The predicted octanol–water partition coefficient (Wildman–Crippen LogP) is 0.479. The van der Waals surface area contributed by atoms with E-state index in [9.17, 15) is 4.79 Å². The van der Waals surface area contributed by atoms with E-state index in [1.807, 2.05) is 4.90 Å². The summed E-state index contributed by atoms with van der Waals surface area (Å²) in [6.45, 7) is 6.87. The maximum Gasteiger partial charge on any atom is 0.236 e. The predicted molar refractivity (Wildman–Crippen MR) is 59.7 cm³/mol. The van der Waals surface area contributed by atoms with E-state index in [1.165, 1.54) is 0 Å². The first-order chi connectivity index (χ1) is 7.15. The number of likely N-dealkylation sites (N-methyl/N-ethyl adjacent to an activating group) is 1. The number of ether oxygens (including phenoxy) is 1. The Morgan fingerprint density at radius 2 is 2.33 bits per heavy atom. The van der Waals surface area contributed by atoms with Gasteiger partial charge < -0.3 is 15.0 Å². The number of nitrogens with zero attached hydrogens (tertiary/aromatic N) is 1. The summed E-state index contributed by atoms with van der Waals surface area (Å²) in [5, 5.41) is 2.91. The Bertz CT molecular complexity index is 207. The Balaban J connectivity index is 2.52. The van der Waals surface area contributed by atoms with Crippen LogP contribution in [-0.2, 0) is 9.53 Å². The van der Waals surface area contributed by atoms with Crippen LogP contribution in [0.2, 0.25) is 0 Å². The number of amides is 1. The molecule has 1 unspecified atom stereocenters. The second-order valence-corrected chi connectivity index (χ2v) is 4.48. The molecule has 1 aliphatic heterocycles. The lowest BCUT2D eigenvalue weighted by Gasteiger charge is -2.36. The van der Waals surface area contributed by atoms with Crippen molar-refractivity contribution in [1.82, 2.24) is 10.2 Å². The van der Waals surface area contributed by atoms with Crippen molar-refractivity contribution in [3.05, 3.63) is 0 Å². The third kappa shape index (κ3) is 3.80. The highest BCUT2D eigenvalue weighted by atomic mass is 16.5. The molecule has 1 fully saturated rings. The van der Waals surface area contributed by atoms with Crippen LogP contribution in [0.1, 0.15) is 20.3 Å². The highest BCUT2D eigenvalue weighted by molar-refractivity contribution is 5.78. The topological polar surface area (TPSA) is 41.6 Å². The smallest absolute Gasteiger partial charge is 0.236 e. The minimum atomic E-state index is 0.187. The molecular formula is C11H22N2O2. The van der Waals surface area contributed by atoms with Gasteiger partial charge in [0.15, 0.2) is 0 Å². The number of hydrogen-bond acceptors (Lipinski definition) is 3. The molecule has 4 heteroatoms. The van der Waals surface area contributed by atoms with E-state index in [1.54, 1.807) is 7.05 Å². The van der Waals surface area contributed by atoms with E-state index in [-0.39, 0.29) is 11.9 Å². The highest BCUT2D eigenvalue weighted by Gasteiger charge is 2.26. The zero-order valence-corrected chi connectivity index (χ0v) is 9.95. The molecule has 0 bridgehead atoms. The van der Waals surface area contributed by atoms with Gasteiger partial charge in [-0.2, -0.15) is 0 Å². The van der Waals surface area contributed by atoms with Crippen LogP contribution in [0.4, 0.5) is 0 Å². The summed E-state index contributed by atoms with van der Waals surface area (Å²) in [6.07, 6.45) is 1.02. The molecule has 0 aromatic heterocycles. The Labute approximate surface area is 92.0 Å². The van der Waals surface area contributed by atoms with Crippen molar-refractivity contribution in [2.75, 3.05) is 33.4 Å². The molecule has 0 saturated carbocycles. The van der Waals surface area contributed by atoms with E-state index >= 15 is 0 Å². The van der Waals surface area contributed by atoms with Gasteiger partial charge in [-0.3, -0.25) is 4.79 Å². The van der Waals surface area contributed by atoms with Gasteiger partial charge in [-0.05, 0) is 19.4 Å². The second-order valence-electron chi connectivity index (χ2n) is 4.48. The first-order valence-corrected chi connectivity index (χ1v) is 5.67. The normalized spacial score (nSPS) is 22.1. The van der Waals surface area contributed by atoms with Gasteiger partial charge in [0, 0.05) is 6.54 Å². The fraction of sp³-hybridized carbons (Fsp3) is 0.909. The lowest BCUT2D eigenvalue weighted by molar-refractivity contribution is -0.139. The van der Waals surface area contributed by atoms with Crippen LogP contribution in [-0.4, -0.2) is 50.2 Å². The lowest BCUT2D eigenvalue weighted by Crippen LogP contribution is -2.51. The fourth-order valence-electron chi connectivity index (χ4n) is 1.98. The highest BCUT2D eigenvalue weighted by Crippen LogP contribution is 2.15. The Hall–Kier alpha value is -0.610. The lowest BCUT2D eigenvalue weighted by atomic mass is 10.0. The van der Waals surface area contributed by atoms with Crippen LogP contribution in [0.15, 0.2) is 0 Å². The van der Waals surface area contributed by atoms with Gasteiger partial charge in [-0.15, -0.1) is 0 Å². The van der Waals surface area contributed by atoms with Gasteiger partial charge in [-0.1, -0.05) is 13.8 Å². The van der Waals surface area contributed by atoms with E-state index in [0.717, 1.165) is 13.0 Å². The molecule has 15 heavy (non-hydrogen) atoms. The Morgan fingerprint density at radius 1 is 1.60 bits per heavy atom. The SMILES string of the molecule is CNCC(=O)N1CCOCC1CC(C)C. The van der Waals surface area contributed by atoms with Crippen LogP contribution in [0, 0.1) is 5.92 Å². The third-order valence-electron chi connectivity index (χ3n) is 2.62.